The summed E-state index contributed by atoms with van der Waals surface area (Å²) in [6.45, 7) is 0. The van der Waals surface area contributed by atoms with E-state index in [0.29, 0.717) is 12.0 Å². The Labute approximate surface area is 146 Å². The van der Waals surface area contributed by atoms with E-state index in [1.165, 1.54) is 26.4 Å². The first kappa shape index (κ1) is 18.2. The van der Waals surface area contributed by atoms with Crippen LogP contribution in [-0.4, -0.2) is 46.2 Å². The summed E-state index contributed by atoms with van der Waals surface area (Å²) in [7, 11) is 6.59. The normalized spacial score (nSPS) is 10.1. The van der Waals surface area contributed by atoms with Crippen LogP contribution >= 0.6 is 0 Å². The zero-order valence-electron chi connectivity index (χ0n) is 14.5. The highest BCUT2D eigenvalue weighted by molar-refractivity contribution is 6.50. The third-order valence-electron chi connectivity index (χ3n) is 3.78. The lowest BCUT2D eigenvalue weighted by atomic mass is 9.97. The molecule has 6 nitrogen and oxygen atoms in total. The fraction of sp³-hybridized carbons (Fsp3) is 0.211. The Bertz CT molecular complexity index is 809. The van der Waals surface area contributed by atoms with Crippen LogP contribution in [0.15, 0.2) is 36.4 Å². The van der Waals surface area contributed by atoms with Gasteiger partial charge < -0.3 is 14.4 Å². The second-order valence-corrected chi connectivity index (χ2v) is 5.51. The molecule has 0 amide bonds. The number of nitrogens with zero attached hydrogens (tertiary/aromatic N) is 1. The van der Waals surface area contributed by atoms with Crippen molar-refractivity contribution < 1.29 is 23.9 Å². The Hall–Kier alpha value is -3.15. The van der Waals surface area contributed by atoms with E-state index in [0.717, 1.165) is 5.69 Å². The fourth-order valence-electron chi connectivity index (χ4n) is 2.35. The predicted octanol–water partition coefficient (Wildman–Crippen LogP) is 2.65. The molecule has 0 spiro atoms. The summed E-state index contributed by atoms with van der Waals surface area (Å²) in [5.74, 6) is -0.891. The summed E-state index contributed by atoms with van der Waals surface area (Å²) in [6.07, 6.45) is 0.512. The Morgan fingerprint density at radius 3 is 1.96 bits per heavy atom. The van der Waals surface area contributed by atoms with Crippen molar-refractivity contribution in [2.75, 3.05) is 33.2 Å². The van der Waals surface area contributed by atoms with Gasteiger partial charge in [-0.3, -0.25) is 14.4 Å². The number of hydrogen-bond acceptors (Lipinski definition) is 6. The number of hydrogen-bond donors (Lipinski definition) is 0. The van der Waals surface area contributed by atoms with Gasteiger partial charge in [-0.05, 0) is 36.4 Å². The first-order valence-electron chi connectivity index (χ1n) is 7.50. The average molecular weight is 341 g/mol. The molecule has 0 unspecified atom stereocenters. The third kappa shape index (κ3) is 3.68. The summed E-state index contributed by atoms with van der Waals surface area (Å²) in [5, 5.41) is 0. The summed E-state index contributed by atoms with van der Waals surface area (Å²) in [5.41, 5.74) is 1.21. The number of benzene rings is 2. The van der Waals surface area contributed by atoms with Gasteiger partial charge in [0.25, 0.3) is 0 Å². The number of ether oxygens (including phenoxy) is 2. The molecule has 0 saturated heterocycles. The smallest absolute Gasteiger partial charge is 0.234 e. The van der Waals surface area contributed by atoms with E-state index in [1.807, 2.05) is 19.0 Å². The van der Waals surface area contributed by atoms with E-state index in [2.05, 4.69) is 0 Å². The van der Waals surface area contributed by atoms with Crippen LogP contribution in [0, 0.1) is 0 Å². The molecule has 0 heterocycles. The molecule has 130 valence electrons. The lowest BCUT2D eigenvalue weighted by Gasteiger charge is -2.13. The SMILES string of the molecule is COc1cc(C=O)c(C(=O)C(=O)c2ccc(N(C)C)cc2)cc1OC. The van der Waals surface area contributed by atoms with Crippen molar-refractivity contribution in [1.82, 2.24) is 0 Å². The van der Waals surface area contributed by atoms with Crippen molar-refractivity contribution in [2.24, 2.45) is 0 Å². The molecule has 6 heteroatoms. The molecule has 2 aromatic carbocycles. The largest absolute Gasteiger partial charge is 0.493 e. The Morgan fingerprint density at radius 1 is 0.920 bits per heavy atom. The minimum Gasteiger partial charge on any atom is -0.493 e. The fourth-order valence-corrected chi connectivity index (χ4v) is 2.35. The molecule has 0 aromatic heterocycles. The Morgan fingerprint density at radius 2 is 1.48 bits per heavy atom. The quantitative estimate of drug-likeness (QED) is 0.438. The molecule has 0 atom stereocenters. The molecule has 0 saturated carbocycles. The highest BCUT2D eigenvalue weighted by Crippen LogP contribution is 2.30. The van der Waals surface area contributed by atoms with E-state index in [9.17, 15) is 14.4 Å². The molecular formula is C19H19NO5. The van der Waals surface area contributed by atoms with Gasteiger partial charge in [-0.25, -0.2) is 0 Å². The third-order valence-corrected chi connectivity index (χ3v) is 3.78. The van der Waals surface area contributed by atoms with Gasteiger partial charge in [-0.15, -0.1) is 0 Å². The molecule has 2 aromatic rings. The van der Waals surface area contributed by atoms with Gasteiger partial charge >= 0.3 is 0 Å². The van der Waals surface area contributed by atoms with E-state index >= 15 is 0 Å². The lowest BCUT2D eigenvalue weighted by Crippen LogP contribution is -2.17. The van der Waals surface area contributed by atoms with Crippen molar-refractivity contribution in [3.8, 4) is 11.5 Å². The monoisotopic (exact) mass is 341 g/mol. The molecule has 2 rings (SSSR count). The molecule has 0 radical (unpaired) electrons. The zero-order chi connectivity index (χ0) is 18.6. The van der Waals surface area contributed by atoms with Crippen molar-refractivity contribution in [3.05, 3.63) is 53.1 Å². The van der Waals surface area contributed by atoms with E-state index in [1.54, 1.807) is 24.3 Å². The zero-order valence-corrected chi connectivity index (χ0v) is 14.5. The highest BCUT2D eigenvalue weighted by atomic mass is 16.5. The van der Waals surface area contributed by atoms with Gasteiger partial charge in [-0.1, -0.05) is 0 Å². The number of Topliss-reactive ketones (excluding diaryl/α,β-unsaturated/α-hetero) is 2. The predicted molar refractivity (Wildman–Crippen MR) is 94.4 cm³/mol. The van der Waals surface area contributed by atoms with Gasteiger partial charge in [0.1, 0.15) is 0 Å². The minimum absolute atomic E-state index is 0.0191. The number of methoxy groups -OCH3 is 2. The maximum atomic E-state index is 12.6. The van der Waals surface area contributed by atoms with Crippen LogP contribution in [0.5, 0.6) is 11.5 Å². The van der Waals surface area contributed by atoms with Gasteiger partial charge in [-0.2, -0.15) is 0 Å². The van der Waals surface area contributed by atoms with Gasteiger partial charge in [0.15, 0.2) is 17.8 Å². The van der Waals surface area contributed by atoms with Crippen LogP contribution in [-0.2, 0) is 0 Å². The Kier molecular flexibility index (Phi) is 5.54. The number of anilines is 1. The average Bonchev–Trinajstić information content (AvgIpc) is 2.65. The van der Waals surface area contributed by atoms with Crippen molar-refractivity contribution >= 4 is 23.5 Å². The number of aldehydes is 1. The second-order valence-electron chi connectivity index (χ2n) is 5.51. The summed E-state index contributed by atoms with van der Waals surface area (Å²) in [4.78, 5) is 38.3. The van der Waals surface area contributed by atoms with Gasteiger partial charge in [0.05, 0.1) is 14.2 Å². The van der Waals surface area contributed by atoms with E-state index in [4.69, 9.17) is 9.47 Å². The summed E-state index contributed by atoms with van der Waals surface area (Å²) >= 11 is 0. The minimum atomic E-state index is -0.777. The number of carbonyl (C=O) groups excluding carboxylic acids is 3. The first-order chi connectivity index (χ1) is 11.9. The molecule has 0 N–H and O–H groups in total. The second kappa shape index (κ2) is 7.61. The first-order valence-corrected chi connectivity index (χ1v) is 7.50. The van der Waals surface area contributed by atoms with Crippen molar-refractivity contribution in [3.63, 3.8) is 0 Å². The molecule has 0 aliphatic heterocycles. The van der Waals surface area contributed by atoms with Crippen molar-refractivity contribution in [1.29, 1.82) is 0 Å². The van der Waals surface area contributed by atoms with Gasteiger partial charge in [0.2, 0.25) is 11.6 Å². The van der Waals surface area contributed by atoms with E-state index < -0.39 is 11.6 Å². The van der Waals surface area contributed by atoms with Crippen LogP contribution in [0.2, 0.25) is 0 Å². The summed E-state index contributed by atoms with van der Waals surface area (Å²) < 4.78 is 10.3. The summed E-state index contributed by atoms with van der Waals surface area (Å²) in [6, 6.07) is 9.37. The molecule has 0 bridgehead atoms. The van der Waals surface area contributed by atoms with Gasteiger partial charge in [0, 0.05) is 36.5 Å². The van der Waals surface area contributed by atoms with Crippen LogP contribution in [0.4, 0.5) is 5.69 Å². The lowest BCUT2D eigenvalue weighted by molar-refractivity contribution is 0.0815. The molecule has 0 aliphatic carbocycles. The number of carbonyl (C=O) groups is 3. The van der Waals surface area contributed by atoms with Crippen LogP contribution in [0.25, 0.3) is 0 Å². The maximum Gasteiger partial charge on any atom is 0.234 e. The van der Waals surface area contributed by atoms with Crippen molar-refractivity contribution in [2.45, 2.75) is 0 Å². The van der Waals surface area contributed by atoms with Crippen LogP contribution in [0.3, 0.4) is 0 Å². The van der Waals surface area contributed by atoms with E-state index in [-0.39, 0.29) is 22.4 Å². The molecule has 0 fully saturated rings. The van der Waals surface area contributed by atoms with Crippen LogP contribution < -0.4 is 14.4 Å². The number of rotatable bonds is 7. The van der Waals surface area contributed by atoms with Crippen LogP contribution in [0.1, 0.15) is 31.1 Å². The topological polar surface area (TPSA) is 72.9 Å². The molecule has 0 aliphatic rings. The molecular weight excluding hydrogens is 322 g/mol. The molecule has 25 heavy (non-hydrogen) atoms. The standard InChI is InChI=1S/C19H19NO5/c1-20(2)14-7-5-12(6-8-14)18(22)19(23)15-10-17(25-4)16(24-3)9-13(15)11-21/h5-11H,1-4H3. The Balaban J connectivity index is 2.42. The number of ketones is 2. The maximum absolute atomic E-state index is 12.6. The highest BCUT2D eigenvalue weighted by Gasteiger charge is 2.23.